The summed E-state index contributed by atoms with van der Waals surface area (Å²) in [5.41, 5.74) is -0.171. The van der Waals surface area contributed by atoms with E-state index < -0.39 is 10.0 Å². The zero-order chi connectivity index (χ0) is 13.1. The monoisotopic (exact) mass is 263 g/mol. The van der Waals surface area contributed by atoms with Gasteiger partial charge in [0.05, 0.1) is 5.25 Å². The predicted molar refractivity (Wildman–Crippen MR) is 70.6 cm³/mol. The molecule has 1 aliphatic rings. The molecule has 5 nitrogen and oxygen atoms in total. The summed E-state index contributed by atoms with van der Waals surface area (Å²) in [6.07, 6.45) is 1.69. The van der Waals surface area contributed by atoms with E-state index in [0.29, 0.717) is 13.1 Å². The van der Waals surface area contributed by atoms with Crippen molar-refractivity contribution in [2.24, 2.45) is 0 Å². The second kappa shape index (κ2) is 5.65. The number of rotatable bonds is 5. The molecular formula is C11H25N3O2S. The van der Waals surface area contributed by atoms with Crippen molar-refractivity contribution < 1.29 is 8.42 Å². The fraction of sp³-hybridized carbons (Fsp3) is 1.00. The van der Waals surface area contributed by atoms with Crippen molar-refractivity contribution in [2.45, 2.75) is 37.5 Å². The predicted octanol–water partition coefficient (Wildman–Crippen LogP) is -0.00200. The zero-order valence-electron chi connectivity index (χ0n) is 11.3. The standard InChI is InChI=1S/C11H25N3O2S/c1-11(2,14(3)4)9-13-17(15,16)10-6-5-7-12-8-10/h10,12-13H,5-9H2,1-4H3. The van der Waals surface area contributed by atoms with Crippen LogP contribution in [0.2, 0.25) is 0 Å². The molecule has 1 rings (SSSR count). The van der Waals surface area contributed by atoms with Crippen molar-refractivity contribution in [2.75, 3.05) is 33.7 Å². The first-order valence-corrected chi connectivity index (χ1v) is 7.67. The van der Waals surface area contributed by atoms with E-state index in [-0.39, 0.29) is 10.8 Å². The molecule has 2 N–H and O–H groups in total. The van der Waals surface area contributed by atoms with Crippen molar-refractivity contribution >= 4 is 10.0 Å². The molecule has 0 radical (unpaired) electrons. The van der Waals surface area contributed by atoms with Gasteiger partial charge in [0.1, 0.15) is 0 Å². The van der Waals surface area contributed by atoms with E-state index in [2.05, 4.69) is 10.0 Å². The second-order valence-electron chi connectivity index (χ2n) is 5.54. The van der Waals surface area contributed by atoms with Gasteiger partial charge < -0.3 is 10.2 Å². The molecule has 1 heterocycles. The number of nitrogens with zero attached hydrogens (tertiary/aromatic N) is 1. The van der Waals surface area contributed by atoms with Crippen molar-refractivity contribution in [1.82, 2.24) is 14.9 Å². The Balaban J connectivity index is 2.55. The topological polar surface area (TPSA) is 61.4 Å². The second-order valence-corrected chi connectivity index (χ2v) is 7.59. The first kappa shape index (κ1) is 14.9. The number of likely N-dealkylation sites (N-methyl/N-ethyl adjacent to an activating group) is 1. The Labute approximate surface area is 105 Å². The summed E-state index contributed by atoms with van der Waals surface area (Å²) in [6.45, 7) is 5.98. The Kier molecular flexibility index (Phi) is 4.95. The number of piperidine rings is 1. The van der Waals surface area contributed by atoms with E-state index in [1.54, 1.807) is 0 Å². The first-order chi connectivity index (χ1) is 7.76. The van der Waals surface area contributed by atoms with Crippen molar-refractivity contribution in [3.63, 3.8) is 0 Å². The zero-order valence-corrected chi connectivity index (χ0v) is 12.1. The van der Waals surface area contributed by atoms with Crippen LogP contribution in [-0.2, 0) is 10.0 Å². The third kappa shape index (κ3) is 4.21. The molecule has 1 unspecified atom stereocenters. The van der Waals surface area contributed by atoms with E-state index in [1.807, 2.05) is 32.8 Å². The highest BCUT2D eigenvalue weighted by molar-refractivity contribution is 7.90. The lowest BCUT2D eigenvalue weighted by Crippen LogP contribution is -2.51. The highest BCUT2D eigenvalue weighted by atomic mass is 32.2. The lowest BCUT2D eigenvalue weighted by molar-refractivity contribution is 0.198. The van der Waals surface area contributed by atoms with Crippen LogP contribution in [0.5, 0.6) is 0 Å². The van der Waals surface area contributed by atoms with Gasteiger partial charge in [0.25, 0.3) is 0 Å². The molecule has 0 aromatic carbocycles. The van der Waals surface area contributed by atoms with Crippen LogP contribution >= 0.6 is 0 Å². The molecule has 0 saturated carbocycles. The molecule has 0 aromatic heterocycles. The van der Waals surface area contributed by atoms with Crippen LogP contribution in [0.4, 0.5) is 0 Å². The third-order valence-corrected chi connectivity index (χ3v) is 5.43. The lowest BCUT2D eigenvalue weighted by Gasteiger charge is -2.33. The fourth-order valence-electron chi connectivity index (χ4n) is 1.64. The van der Waals surface area contributed by atoms with E-state index in [9.17, 15) is 8.42 Å². The minimum Gasteiger partial charge on any atom is -0.315 e. The van der Waals surface area contributed by atoms with Gasteiger partial charge in [-0.3, -0.25) is 0 Å². The molecule has 0 aliphatic carbocycles. The first-order valence-electron chi connectivity index (χ1n) is 6.12. The van der Waals surface area contributed by atoms with Gasteiger partial charge in [-0.2, -0.15) is 0 Å². The summed E-state index contributed by atoms with van der Waals surface area (Å²) < 4.78 is 26.9. The fourth-order valence-corrected chi connectivity index (χ4v) is 3.24. The molecular weight excluding hydrogens is 238 g/mol. The molecule has 6 heteroatoms. The maximum absolute atomic E-state index is 12.1. The molecule has 1 atom stereocenters. The van der Waals surface area contributed by atoms with Crippen LogP contribution in [0, 0.1) is 0 Å². The van der Waals surface area contributed by atoms with Crippen LogP contribution in [0.1, 0.15) is 26.7 Å². The van der Waals surface area contributed by atoms with E-state index >= 15 is 0 Å². The highest BCUT2D eigenvalue weighted by Crippen LogP contribution is 2.13. The Morgan fingerprint density at radius 3 is 2.53 bits per heavy atom. The molecule has 17 heavy (non-hydrogen) atoms. The van der Waals surface area contributed by atoms with Gasteiger partial charge in [-0.1, -0.05) is 0 Å². The van der Waals surface area contributed by atoms with Crippen LogP contribution in [0.15, 0.2) is 0 Å². The summed E-state index contributed by atoms with van der Waals surface area (Å²) in [5.74, 6) is 0. The van der Waals surface area contributed by atoms with Crippen LogP contribution in [-0.4, -0.2) is 57.8 Å². The van der Waals surface area contributed by atoms with Gasteiger partial charge >= 0.3 is 0 Å². The summed E-state index contributed by atoms with van der Waals surface area (Å²) >= 11 is 0. The summed E-state index contributed by atoms with van der Waals surface area (Å²) in [7, 11) is 0.720. The maximum Gasteiger partial charge on any atom is 0.215 e. The molecule has 0 amide bonds. The van der Waals surface area contributed by atoms with Crippen molar-refractivity contribution in [1.29, 1.82) is 0 Å². The number of sulfonamides is 1. The lowest BCUT2D eigenvalue weighted by atomic mass is 10.1. The van der Waals surface area contributed by atoms with Gasteiger partial charge in [-0.25, -0.2) is 13.1 Å². The van der Waals surface area contributed by atoms with Crippen LogP contribution in [0.3, 0.4) is 0 Å². The molecule has 1 saturated heterocycles. The average molecular weight is 263 g/mol. The minimum absolute atomic E-state index is 0.171. The molecule has 102 valence electrons. The van der Waals surface area contributed by atoms with Crippen LogP contribution < -0.4 is 10.0 Å². The van der Waals surface area contributed by atoms with Crippen molar-refractivity contribution in [3.05, 3.63) is 0 Å². The van der Waals surface area contributed by atoms with Gasteiger partial charge in [-0.05, 0) is 47.3 Å². The number of hydrogen-bond acceptors (Lipinski definition) is 4. The van der Waals surface area contributed by atoms with Crippen molar-refractivity contribution in [3.8, 4) is 0 Å². The Hall–Kier alpha value is -0.170. The normalized spacial score (nSPS) is 23.0. The minimum atomic E-state index is -3.19. The van der Waals surface area contributed by atoms with Gasteiger partial charge in [0.15, 0.2) is 0 Å². The molecule has 0 spiro atoms. The summed E-state index contributed by atoms with van der Waals surface area (Å²) in [5, 5.41) is 2.85. The number of hydrogen-bond donors (Lipinski definition) is 2. The van der Waals surface area contributed by atoms with Gasteiger partial charge in [-0.15, -0.1) is 0 Å². The largest absolute Gasteiger partial charge is 0.315 e. The van der Waals surface area contributed by atoms with E-state index in [1.165, 1.54) is 0 Å². The highest BCUT2D eigenvalue weighted by Gasteiger charge is 2.29. The number of nitrogens with one attached hydrogen (secondary N) is 2. The van der Waals surface area contributed by atoms with E-state index in [4.69, 9.17) is 0 Å². The van der Waals surface area contributed by atoms with E-state index in [0.717, 1.165) is 19.4 Å². The van der Waals surface area contributed by atoms with Gasteiger partial charge in [0, 0.05) is 18.6 Å². The Bertz CT molecular complexity index is 333. The maximum atomic E-state index is 12.1. The molecule has 0 aromatic rings. The summed E-state index contributed by atoms with van der Waals surface area (Å²) in [6, 6.07) is 0. The average Bonchev–Trinajstić information content (AvgIpc) is 2.28. The Morgan fingerprint density at radius 2 is 2.06 bits per heavy atom. The summed E-state index contributed by atoms with van der Waals surface area (Å²) in [4.78, 5) is 2.02. The molecule has 1 fully saturated rings. The third-order valence-electron chi connectivity index (χ3n) is 3.61. The van der Waals surface area contributed by atoms with Crippen LogP contribution in [0.25, 0.3) is 0 Å². The smallest absolute Gasteiger partial charge is 0.215 e. The Morgan fingerprint density at radius 1 is 1.41 bits per heavy atom. The SMILES string of the molecule is CN(C)C(C)(C)CNS(=O)(=O)C1CCCNC1. The molecule has 1 aliphatic heterocycles. The van der Waals surface area contributed by atoms with Gasteiger partial charge in [0.2, 0.25) is 10.0 Å². The molecule has 0 bridgehead atoms. The quantitative estimate of drug-likeness (QED) is 0.733.